The van der Waals surface area contributed by atoms with E-state index in [1.54, 1.807) is 0 Å². The number of thioether (sulfide) groups is 1. The topological polar surface area (TPSA) is 23.8 Å². The van der Waals surface area contributed by atoms with Crippen LogP contribution in [0.3, 0.4) is 0 Å². The van der Waals surface area contributed by atoms with Crippen LogP contribution in [0.2, 0.25) is 5.02 Å². The Kier molecular flexibility index (Phi) is 3.89. The molecule has 1 nitrogen and oxygen atoms in total. The third-order valence-electron chi connectivity index (χ3n) is 1.40. The molecular formula is C9H5ClF3NS. The lowest BCUT2D eigenvalue weighted by atomic mass is 10.2. The molecule has 15 heavy (non-hydrogen) atoms. The fourth-order valence-corrected chi connectivity index (χ4v) is 1.93. The van der Waals surface area contributed by atoms with Gasteiger partial charge >= 0.3 is 6.18 Å². The summed E-state index contributed by atoms with van der Waals surface area (Å²) < 4.78 is 35.7. The van der Waals surface area contributed by atoms with Crippen molar-refractivity contribution in [2.45, 2.75) is 11.1 Å². The number of nitrogens with zero attached hydrogens (tertiary/aromatic N) is 1. The predicted octanol–water partition coefficient (Wildman–Crippen LogP) is 3.87. The SMILES string of the molecule is N#Cc1cc(Cl)cc(SCC(F)(F)F)c1. The summed E-state index contributed by atoms with van der Waals surface area (Å²) in [5, 5.41) is 8.84. The van der Waals surface area contributed by atoms with Gasteiger partial charge in [-0.05, 0) is 18.2 Å². The van der Waals surface area contributed by atoms with Gasteiger partial charge in [0.15, 0.2) is 0 Å². The van der Waals surface area contributed by atoms with Gasteiger partial charge < -0.3 is 0 Å². The van der Waals surface area contributed by atoms with Crippen LogP contribution in [0, 0.1) is 11.3 Å². The molecule has 1 rings (SSSR count). The second kappa shape index (κ2) is 4.77. The first-order valence-electron chi connectivity index (χ1n) is 3.81. The van der Waals surface area contributed by atoms with E-state index in [4.69, 9.17) is 16.9 Å². The van der Waals surface area contributed by atoms with E-state index in [0.29, 0.717) is 16.7 Å². The van der Waals surface area contributed by atoms with Crippen molar-refractivity contribution in [2.24, 2.45) is 0 Å². The van der Waals surface area contributed by atoms with Gasteiger partial charge in [0, 0.05) is 9.92 Å². The first kappa shape index (κ1) is 12.2. The van der Waals surface area contributed by atoms with Crippen LogP contribution in [0.4, 0.5) is 13.2 Å². The normalized spacial score (nSPS) is 11.1. The summed E-state index contributed by atoms with van der Waals surface area (Å²) in [5.41, 5.74) is 0.257. The lowest BCUT2D eigenvalue weighted by Gasteiger charge is -2.06. The summed E-state index contributed by atoms with van der Waals surface area (Å²) in [4.78, 5) is 0.344. The van der Waals surface area contributed by atoms with Crippen LogP contribution in [-0.4, -0.2) is 11.9 Å². The minimum Gasteiger partial charge on any atom is -0.192 e. The van der Waals surface area contributed by atoms with Crippen LogP contribution in [0.5, 0.6) is 0 Å². The van der Waals surface area contributed by atoms with Crippen molar-refractivity contribution in [3.05, 3.63) is 28.8 Å². The molecule has 0 fully saturated rings. The number of benzene rings is 1. The van der Waals surface area contributed by atoms with Gasteiger partial charge in [0.25, 0.3) is 0 Å². The van der Waals surface area contributed by atoms with Crippen molar-refractivity contribution in [3.8, 4) is 6.07 Å². The molecule has 0 radical (unpaired) electrons. The lowest BCUT2D eigenvalue weighted by Crippen LogP contribution is -2.10. The van der Waals surface area contributed by atoms with E-state index >= 15 is 0 Å². The molecule has 1 aromatic rings. The number of halogens is 4. The standard InChI is InChI=1S/C9H5ClF3NS/c10-7-1-6(4-14)2-8(3-7)15-5-9(11,12)13/h1-3H,5H2. The highest BCUT2D eigenvalue weighted by molar-refractivity contribution is 7.99. The summed E-state index contributed by atoms with van der Waals surface area (Å²) in [6.45, 7) is 0. The zero-order valence-electron chi connectivity index (χ0n) is 7.31. The molecule has 0 aliphatic rings. The third kappa shape index (κ3) is 4.45. The highest BCUT2D eigenvalue weighted by Crippen LogP contribution is 2.29. The molecule has 0 saturated carbocycles. The first-order chi connectivity index (χ1) is 6.90. The molecule has 0 unspecified atom stereocenters. The van der Waals surface area contributed by atoms with E-state index in [2.05, 4.69) is 0 Å². The number of nitriles is 1. The van der Waals surface area contributed by atoms with E-state index < -0.39 is 11.9 Å². The lowest BCUT2D eigenvalue weighted by molar-refractivity contribution is -0.105. The molecule has 0 N–H and O–H groups in total. The number of hydrogen-bond donors (Lipinski definition) is 0. The van der Waals surface area contributed by atoms with Crippen LogP contribution >= 0.6 is 23.4 Å². The van der Waals surface area contributed by atoms with Crippen molar-refractivity contribution in [3.63, 3.8) is 0 Å². The van der Waals surface area contributed by atoms with E-state index in [9.17, 15) is 13.2 Å². The maximum absolute atomic E-state index is 11.9. The molecular weight excluding hydrogens is 247 g/mol. The Hall–Kier alpha value is -0.860. The van der Waals surface area contributed by atoms with E-state index in [1.807, 2.05) is 6.07 Å². The molecule has 0 amide bonds. The molecule has 0 bridgehead atoms. The van der Waals surface area contributed by atoms with Gasteiger partial charge in [-0.15, -0.1) is 11.8 Å². The zero-order chi connectivity index (χ0) is 11.5. The second-order valence-corrected chi connectivity index (χ2v) is 4.18. The first-order valence-corrected chi connectivity index (χ1v) is 5.17. The van der Waals surface area contributed by atoms with Crippen LogP contribution in [0.15, 0.2) is 23.1 Å². The minimum atomic E-state index is -4.22. The van der Waals surface area contributed by atoms with Crippen molar-refractivity contribution in [1.29, 1.82) is 5.26 Å². The number of hydrogen-bond acceptors (Lipinski definition) is 2. The maximum Gasteiger partial charge on any atom is 0.398 e. The summed E-state index contributed by atoms with van der Waals surface area (Å²) in [6, 6.07) is 6.01. The highest BCUT2D eigenvalue weighted by Gasteiger charge is 2.27. The van der Waals surface area contributed by atoms with E-state index in [0.717, 1.165) is 0 Å². The van der Waals surface area contributed by atoms with E-state index in [1.165, 1.54) is 18.2 Å². The van der Waals surface area contributed by atoms with Gasteiger partial charge in [-0.1, -0.05) is 11.6 Å². The van der Waals surface area contributed by atoms with Crippen LogP contribution < -0.4 is 0 Å². The average Bonchev–Trinajstić information content (AvgIpc) is 2.13. The van der Waals surface area contributed by atoms with Crippen LogP contribution in [0.1, 0.15) is 5.56 Å². The second-order valence-electron chi connectivity index (χ2n) is 2.69. The molecule has 1 aromatic carbocycles. The van der Waals surface area contributed by atoms with E-state index in [-0.39, 0.29) is 10.6 Å². The molecule has 0 aromatic heterocycles. The summed E-state index contributed by atoms with van der Waals surface area (Å²) in [6.07, 6.45) is -4.22. The van der Waals surface area contributed by atoms with Gasteiger partial charge in [-0.2, -0.15) is 18.4 Å². The van der Waals surface area contributed by atoms with Crippen molar-refractivity contribution in [2.75, 3.05) is 5.75 Å². The highest BCUT2D eigenvalue weighted by atomic mass is 35.5. The van der Waals surface area contributed by atoms with Gasteiger partial charge in [-0.3, -0.25) is 0 Å². The zero-order valence-corrected chi connectivity index (χ0v) is 8.88. The average molecular weight is 252 g/mol. The molecule has 80 valence electrons. The van der Waals surface area contributed by atoms with Crippen molar-refractivity contribution >= 4 is 23.4 Å². The number of alkyl halides is 3. The molecule has 0 atom stereocenters. The van der Waals surface area contributed by atoms with Crippen molar-refractivity contribution in [1.82, 2.24) is 0 Å². The monoisotopic (exact) mass is 251 g/mol. The third-order valence-corrected chi connectivity index (χ3v) is 2.66. The summed E-state index contributed by atoms with van der Waals surface area (Å²) in [7, 11) is 0. The van der Waals surface area contributed by atoms with Crippen molar-refractivity contribution < 1.29 is 13.2 Å². The Morgan fingerprint density at radius 1 is 1.33 bits per heavy atom. The Morgan fingerprint density at radius 2 is 2.00 bits per heavy atom. The minimum absolute atomic E-state index is 0.257. The van der Waals surface area contributed by atoms with Gasteiger partial charge in [0.1, 0.15) is 0 Å². The molecule has 0 aliphatic heterocycles. The van der Waals surface area contributed by atoms with Gasteiger partial charge in [0.2, 0.25) is 0 Å². The fourth-order valence-electron chi connectivity index (χ4n) is 0.876. The summed E-state index contributed by atoms with van der Waals surface area (Å²) in [5.74, 6) is -0.988. The van der Waals surface area contributed by atoms with Crippen LogP contribution in [0.25, 0.3) is 0 Å². The summed E-state index contributed by atoms with van der Waals surface area (Å²) >= 11 is 6.24. The Bertz CT molecular complexity index is 397. The Labute approximate surface area is 93.8 Å². The molecule has 0 heterocycles. The van der Waals surface area contributed by atoms with Crippen LogP contribution in [-0.2, 0) is 0 Å². The number of rotatable bonds is 2. The van der Waals surface area contributed by atoms with Gasteiger partial charge in [0.05, 0.1) is 17.4 Å². The molecule has 0 aliphatic carbocycles. The maximum atomic E-state index is 11.9. The fraction of sp³-hybridized carbons (Fsp3) is 0.222. The smallest absolute Gasteiger partial charge is 0.192 e. The molecule has 0 spiro atoms. The Balaban J connectivity index is 2.78. The molecule has 0 saturated heterocycles. The Morgan fingerprint density at radius 3 is 2.53 bits per heavy atom. The van der Waals surface area contributed by atoms with Gasteiger partial charge in [-0.25, -0.2) is 0 Å². The predicted molar refractivity (Wildman–Crippen MR) is 52.9 cm³/mol. The molecule has 6 heteroatoms. The largest absolute Gasteiger partial charge is 0.398 e. The quantitative estimate of drug-likeness (QED) is 0.745.